The van der Waals surface area contributed by atoms with Crippen LogP contribution >= 0.6 is 0 Å². The molecule has 0 aliphatic carbocycles. The maximum atomic E-state index is 15.0. The molecule has 1 aromatic heterocycles. The third-order valence-electron chi connectivity index (χ3n) is 7.00. The molecular weight excluding hydrogens is 527 g/mol. The number of halogens is 1. The van der Waals surface area contributed by atoms with Gasteiger partial charge in [0, 0.05) is 35.1 Å². The van der Waals surface area contributed by atoms with Gasteiger partial charge in [-0.15, -0.1) is 0 Å². The molecule has 1 aliphatic heterocycles. The van der Waals surface area contributed by atoms with Crippen LogP contribution in [0.3, 0.4) is 0 Å². The number of amides is 2. The van der Waals surface area contributed by atoms with Crippen LogP contribution in [0.4, 0.5) is 15.8 Å². The van der Waals surface area contributed by atoms with Crippen LogP contribution in [0.1, 0.15) is 19.8 Å². The lowest BCUT2D eigenvalue weighted by Crippen LogP contribution is -2.35. The van der Waals surface area contributed by atoms with E-state index in [2.05, 4.69) is 27.9 Å². The van der Waals surface area contributed by atoms with Gasteiger partial charge >= 0.3 is 11.8 Å². The van der Waals surface area contributed by atoms with Crippen molar-refractivity contribution in [2.24, 2.45) is 5.92 Å². The summed E-state index contributed by atoms with van der Waals surface area (Å²) in [6.45, 7) is 4.02. The summed E-state index contributed by atoms with van der Waals surface area (Å²) < 4.78 is 32.8. The second-order valence-corrected chi connectivity index (χ2v) is 9.76. The number of carbonyl (C=O) groups excluding carboxylic acids is 2. The Morgan fingerprint density at radius 1 is 0.902 bits per heavy atom. The maximum Gasteiger partial charge on any atom is 0.314 e. The molecule has 0 radical (unpaired) electrons. The highest BCUT2D eigenvalue weighted by Crippen LogP contribution is 2.39. The zero-order chi connectivity index (χ0) is 28.8. The molecule has 0 saturated carbocycles. The number of benzene rings is 3. The first-order valence-corrected chi connectivity index (χ1v) is 13.4. The molecule has 1 atom stereocenters. The summed E-state index contributed by atoms with van der Waals surface area (Å²) in [5.41, 5.74) is 1.18. The standard InChI is InChI=1S/C31H31FN4O5/c1-19(20-10-13-33-14-11-20)40-29-18-25-23(17-28(29)39-2)26(12-15-34-25)41-27-9-8-22(16-24(27)32)36-31(38)30(37)35-21-6-4-3-5-7-21/h3-9,12,15-20,33H,10-11,13-14H2,1-2H3,(H,35,37)(H,36,38). The summed E-state index contributed by atoms with van der Waals surface area (Å²) >= 11 is 0. The zero-order valence-corrected chi connectivity index (χ0v) is 22.8. The summed E-state index contributed by atoms with van der Waals surface area (Å²) in [5.74, 6) is -0.689. The Labute approximate surface area is 237 Å². The summed E-state index contributed by atoms with van der Waals surface area (Å²) in [6.07, 6.45) is 3.66. The Morgan fingerprint density at radius 2 is 1.63 bits per heavy atom. The summed E-state index contributed by atoms with van der Waals surface area (Å²) in [7, 11) is 1.56. The number of nitrogens with zero attached hydrogens (tertiary/aromatic N) is 1. The van der Waals surface area contributed by atoms with Crippen molar-refractivity contribution < 1.29 is 28.2 Å². The number of carbonyl (C=O) groups is 2. The van der Waals surface area contributed by atoms with Gasteiger partial charge in [-0.25, -0.2) is 4.39 Å². The normalized spacial score (nSPS) is 14.2. The molecule has 0 bridgehead atoms. The average molecular weight is 559 g/mol. The summed E-state index contributed by atoms with van der Waals surface area (Å²) in [5, 5.41) is 8.85. The Balaban J connectivity index is 1.30. The van der Waals surface area contributed by atoms with Crippen molar-refractivity contribution in [2.75, 3.05) is 30.8 Å². The monoisotopic (exact) mass is 558 g/mol. The molecule has 9 nitrogen and oxygen atoms in total. The smallest absolute Gasteiger partial charge is 0.314 e. The van der Waals surface area contributed by atoms with Crippen LogP contribution < -0.4 is 30.2 Å². The van der Waals surface area contributed by atoms with Crippen LogP contribution in [0.25, 0.3) is 10.9 Å². The number of methoxy groups -OCH3 is 1. The molecule has 2 heterocycles. The zero-order valence-electron chi connectivity index (χ0n) is 22.8. The molecule has 1 saturated heterocycles. The van der Waals surface area contributed by atoms with E-state index < -0.39 is 17.6 Å². The number of ether oxygens (including phenoxy) is 3. The minimum absolute atomic E-state index is 0.000368. The largest absolute Gasteiger partial charge is 0.493 e. The van der Waals surface area contributed by atoms with E-state index in [1.165, 1.54) is 12.1 Å². The number of hydrogen-bond acceptors (Lipinski definition) is 7. The number of fused-ring (bicyclic) bond motifs is 1. The van der Waals surface area contributed by atoms with Crippen LogP contribution in [0.2, 0.25) is 0 Å². The minimum atomic E-state index is -0.929. The van der Waals surface area contributed by atoms with Gasteiger partial charge in [0.2, 0.25) is 0 Å². The van der Waals surface area contributed by atoms with Crippen molar-refractivity contribution in [2.45, 2.75) is 25.9 Å². The second-order valence-electron chi connectivity index (χ2n) is 9.76. The molecule has 1 aliphatic rings. The molecule has 41 heavy (non-hydrogen) atoms. The van der Waals surface area contributed by atoms with Crippen LogP contribution in [0.15, 0.2) is 72.9 Å². The third-order valence-corrected chi connectivity index (χ3v) is 7.00. The molecule has 1 fully saturated rings. The maximum absolute atomic E-state index is 15.0. The highest BCUT2D eigenvalue weighted by Gasteiger charge is 2.23. The predicted molar refractivity (Wildman–Crippen MR) is 154 cm³/mol. The van der Waals surface area contributed by atoms with E-state index in [4.69, 9.17) is 14.2 Å². The Kier molecular flexibility index (Phi) is 8.59. The number of nitrogens with one attached hydrogen (secondary N) is 3. The van der Waals surface area contributed by atoms with Crippen LogP contribution in [-0.2, 0) is 9.59 Å². The SMILES string of the molecule is COc1cc2c(Oc3ccc(NC(=O)C(=O)Nc4ccccc4)cc3F)ccnc2cc1OC(C)C1CCNCC1. The quantitative estimate of drug-likeness (QED) is 0.244. The lowest BCUT2D eigenvalue weighted by Gasteiger charge is -2.29. The first-order valence-electron chi connectivity index (χ1n) is 13.4. The van der Waals surface area contributed by atoms with E-state index >= 15 is 4.39 Å². The third kappa shape index (κ3) is 6.72. The number of aromatic nitrogens is 1. The molecule has 0 spiro atoms. The molecule has 212 valence electrons. The molecule has 5 rings (SSSR count). The lowest BCUT2D eigenvalue weighted by atomic mass is 9.93. The molecule has 10 heteroatoms. The van der Waals surface area contributed by atoms with Gasteiger partial charge < -0.3 is 30.2 Å². The lowest BCUT2D eigenvalue weighted by molar-refractivity contribution is -0.133. The fourth-order valence-corrected chi connectivity index (χ4v) is 4.76. The summed E-state index contributed by atoms with van der Waals surface area (Å²) in [4.78, 5) is 28.9. The minimum Gasteiger partial charge on any atom is -0.493 e. The van der Waals surface area contributed by atoms with Crippen LogP contribution in [0, 0.1) is 11.7 Å². The van der Waals surface area contributed by atoms with Gasteiger partial charge in [0.15, 0.2) is 23.1 Å². The Morgan fingerprint density at radius 3 is 2.34 bits per heavy atom. The van der Waals surface area contributed by atoms with Crippen LogP contribution in [-0.4, -0.2) is 43.1 Å². The number of rotatable bonds is 8. The number of pyridine rings is 1. The highest BCUT2D eigenvalue weighted by molar-refractivity contribution is 6.43. The second kappa shape index (κ2) is 12.6. The van der Waals surface area contributed by atoms with E-state index in [-0.39, 0.29) is 17.5 Å². The topological polar surface area (TPSA) is 111 Å². The van der Waals surface area contributed by atoms with Crippen LogP contribution in [0.5, 0.6) is 23.0 Å². The molecule has 3 aromatic carbocycles. The average Bonchev–Trinajstić information content (AvgIpc) is 2.99. The Bertz CT molecular complexity index is 1540. The van der Waals surface area contributed by atoms with Gasteiger partial charge in [-0.05, 0) is 75.2 Å². The number of piperidine rings is 1. The van der Waals surface area contributed by atoms with Gasteiger partial charge in [0.25, 0.3) is 0 Å². The first kappa shape index (κ1) is 27.9. The Hall–Kier alpha value is -4.70. The van der Waals surface area contributed by atoms with E-state index in [1.54, 1.807) is 61.8 Å². The first-order chi connectivity index (χ1) is 19.9. The van der Waals surface area contributed by atoms with Gasteiger partial charge in [-0.1, -0.05) is 18.2 Å². The highest BCUT2D eigenvalue weighted by atomic mass is 19.1. The van der Waals surface area contributed by atoms with Crippen molar-refractivity contribution in [3.8, 4) is 23.0 Å². The molecule has 2 amide bonds. The fourth-order valence-electron chi connectivity index (χ4n) is 4.76. The van der Waals surface area contributed by atoms with Gasteiger partial charge in [-0.2, -0.15) is 0 Å². The van der Waals surface area contributed by atoms with Crippen molar-refractivity contribution in [3.05, 3.63) is 78.7 Å². The number of anilines is 2. The van der Waals surface area contributed by atoms with E-state index in [9.17, 15) is 9.59 Å². The van der Waals surface area contributed by atoms with E-state index in [0.717, 1.165) is 32.0 Å². The molecule has 4 aromatic rings. The van der Waals surface area contributed by atoms with Crippen molar-refractivity contribution in [1.82, 2.24) is 10.3 Å². The van der Waals surface area contributed by atoms with Gasteiger partial charge in [0.05, 0.1) is 18.7 Å². The van der Waals surface area contributed by atoms with E-state index in [1.807, 2.05) is 0 Å². The predicted octanol–water partition coefficient (Wildman–Crippen LogP) is 5.52. The van der Waals surface area contributed by atoms with Gasteiger partial charge in [-0.3, -0.25) is 14.6 Å². The molecule has 1 unspecified atom stereocenters. The number of para-hydroxylation sites is 1. The number of hydrogen-bond donors (Lipinski definition) is 3. The van der Waals surface area contributed by atoms with E-state index in [0.29, 0.717) is 39.8 Å². The fraction of sp³-hybridized carbons (Fsp3) is 0.258. The molecular formula is C31H31FN4O5. The molecule has 3 N–H and O–H groups in total. The van der Waals surface area contributed by atoms with Crippen molar-refractivity contribution >= 4 is 34.1 Å². The summed E-state index contributed by atoms with van der Waals surface area (Å²) in [6, 6.07) is 17.7. The van der Waals surface area contributed by atoms with Crippen molar-refractivity contribution in [3.63, 3.8) is 0 Å². The van der Waals surface area contributed by atoms with Gasteiger partial charge in [0.1, 0.15) is 5.75 Å². The van der Waals surface area contributed by atoms with Crippen molar-refractivity contribution in [1.29, 1.82) is 0 Å².